The zero-order valence-electron chi connectivity index (χ0n) is 6.26. The molecule has 1 N–H and O–H groups in total. The fourth-order valence-corrected chi connectivity index (χ4v) is 0.601. The van der Waals surface area contributed by atoms with Crippen LogP contribution in [-0.2, 0) is 0 Å². The Kier molecular flexibility index (Phi) is 2.54. The van der Waals surface area contributed by atoms with Gasteiger partial charge in [-0.05, 0) is 0 Å². The van der Waals surface area contributed by atoms with Crippen molar-refractivity contribution >= 4 is 5.91 Å². The maximum atomic E-state index is 11.6. The molecule has 1 aromatic heterocycles. The minimum absolute atomic E-state index is 0.177. The lowest BCUT2D eigenvalue weighted by Gasteiger charge is -2.05. The van der Waals surface area contributed by atoms with Crippen molar-refractivity contribution in [1.29, 1.82) is 0 Å². The Morgan fingerprint density at radius 2 is 2.31 bits per heavy atom. The molecule has 0 aliphatic carbocycles. The summed E-state index contributed by atoms with van der Waals surface area (Å²) >= 11 is 0. The molecule has 1 heterocycles. The molecule has 72 valence electrons. The molecule has 0 spiro atoms. The molecule has 1 aromatic rings. The average Bonchev–Trinajstić information content (AvgIpc) is 2.50. The third-order valence-corrected chi connectivity index (χ3v) is 1.12. The first-order valence-electron chi connectivity index (χ1n) is 3.24. The molecule has 7 heteroatoms. The minimum atomic E-state index is -4.42. The van der Waals surface area contributed by atoms with Gasteiger partial charge in [0.2, 0.25) is 0 Å². The lowest BCUT2D eigenvalue weighted by molar-refractivity contribution is -0.123. The lowest BCUT2D eigenvalue weighted by Crippen LogP contribution is -2.33. The second-order valence-electron chi connectivity index (χ2n) is 2.18. The number of alkyl halides is 3. The number of rotatable bonds is 2. The summed E-state index contributed by atoms with van der Waals surface area (Å²) in [6.07, 6.45) is -3.32. The van der Waals surface area contributed by atoms with E-state index in [1.165, 1.54) is 6.07 Å². The Balaban J connectivity index is 2.44. The zero-order valence-corrected chi connectivity index (χ0v) is 6.26. The first-order valence-corrected chi connectivity index (χ1v) is 3.24. The average molecular weight is 194 g/mol. The first kappa shape index (κ1) is 9.56. The fourth-order valence-electron chi connectivity index (χ4n) is 0.601. The van der Waals surface area contributed by atoms with Crippen molar-refractivity contribution in [3.8, 4) is 0 Å². The van der Waals surface area contributed by atoms with E-state index < -0.39 is 18.6 Å². The van der Waals surface area contributed by atoms with Crippen molar-refractivity contribution in [3.63, 3.8) is 0 Å². The molecule has 4 nitrogen and oxygen atoms in total. The molecule has 0 bridgehead atoms. The van der Waals surface area contributed by atoms with E-state index >= 15 is 0 Å². The van der Waals surface area contributed by atoms with Crippen LogP contribution < -0.4 is 5.32 Å². The van der Waals surface area contributed by atoms with Gasteiger partial charge in [-0.2, -0.15) is 13.2 Å². The summed E-state index contributed by atoms with van der Waals surface area (Å²) in [6, 6.07) is 1.17. The fraction of sp³-hybridized carbons (Fsp3) is 0.333. The van der Waals surface area contributed by atoms with Crippen molar-refractivity contribution in [1.82, 2.24) is 10.5 Å². The predicted octanol–water partition coefficient (Wildman–Crippen LogP) is 0.967. The van der Waals surface area contributed by atoms with E-state index in [4.69, 9.17) is 0 Å². The summed E-state index contributed by atoms with van der Waals surface area (Å²) in [5.41, 5.74) is -0.177. The SMILES string of the molecule is O=C(NCC(F)(F)F)c1ccon1. The van der Waals surface area contributed by atoms with Gasteiger partial charge in [0.25, 0.3) is 5.91 Å². The lowest BCUT2D eigenvalue weighted by atomic mass is 10.4. The van der Waals surface area contributed by atoms with Crippen LogP contribution in [0.15, 0.2) is 16.9 Å². The number of amides is 1. The second-order valence-corrected chi connectivity index (χ2v) is 2.18. The molecule has 0 radical (unpaired) electrons. The smallest absolute Gasteiger partial charge is 0.364 e. The van der Waals surface area contributed by atoms with Crippen LogP contribution in [0.1, 0.15) is 10.5 Å². The number of carbonyl (C=O) groups is 1. The summed E-state index contributed by atoms with van der Waals surface area (Å²) in [5, 5.41) is 4.80. The highest BCUT2D eigenvalue weighted by molar-refractivity contribution is 5.91. The third kappa shape index (κ3) is 3.14. The van der Waals surface area contributed by atoms with Crippen molar-refractivity contribution in [2.75, 3.05) is 6.54 Å². The molecule has 0 fully saturated rings. The topological polar surface area (TPSA) is 55.1 Å². The number of halogens is 3. The molecule has 1 rings (SSSR count). The molecule has 0 saturated carbocycles. The van der Waals surface area contributed by atoms with Crippen molar-refractivity contribution in [2.24, 2.45) is 0 Å². The van der Waals surface area contributed by atoms with Crippen molar-refractivity contribution in [2.45, 2.75) is 6.18 Å². The highest BCUT2D eigenvalue weighted by Crippen LogP contribution is 2.12. The van der Waals surface area contributed by atoms with Crippen molar-refractivity contribution < 1.29 is 22.5 Å². The van der Waals surface area contributed by atoms with Crippen LogP contribution in [0.25, 0.3) is 0 Å². The Morgan fingerprint density at radius 3 is 2.77 bits per heavy atom. The maximum Gasteiger partial charge on any atom is 0.405 e. The maximum absolute atomic E-state index is 11.6. The van der Waals surface area contributed by atoms with E-state index in [2.05, 4.69) is 9.68 Å². The predicted molar refractivity (Wildman–Crippen MR) is 34.9 cm³/mol. The van der Waals surface area contributed by atoms with Gasteiger partial charge in [-0.1, -0.05) is 5.16 Å². The standard InChI is InChI=1S/C6H5F3N2O2/c7-6(8,9)3-10-5(12)4-1-2-13-11-4/h1-2H,3H2,(H,10,12). The highest BCUT2D eigenvalue weighted by atomic mass is 19.4. The van der Waals surface area contributed by atoms with E-state index in [-0.39, 0.29) is 5.69 Å². The van der Waals surface area contributed by atoms with E-state index in [1.54, 1.807) is 5.32 Å². The minimum Gasteiger partial charge on any atom is -0.364 e. The Morgan fingerprint density at radius 1 is 1.62 bits per heavy atom. The quantitative estimate of drug-likeness (QED) is 0.762. The monoisotopic (exact) mass is 194 g/mol. The number of nitrogens with one attached hydrogen (secondary N) is 1. The van der Waals surface area contributed by atoms with E-state index in [0.29, 0.717) is 0 Å². The number of hydrogen-bond donors (Lipinski definition) is 1. The third-order valence-electron chi connectivity index (χ3n) is 1.12. The summed E-state index contributed by atoms with van der Waals surface area (Å²) in [6.45, 7) is -1.38. The summed E-state index contributed by atoms with van der Waals surface area (Å²) in [4.78, 5) is 10.8. The summed E-state index contributed by atoms with van der Waals surface area (Å²) < 4.78 is 39.1. The molecule has 0 aliphatic rings. The molecule has 0 aliphatic heterocycles. The van der Waals surface area contributed by atoms with Crippen LogP contribution >= 0.6 is 0 Å². The molecule has 1 amide bonds. The molecule has 0 aromatic carbocycles. The second kappa shape index (κ2) is 3.46. The van der Waals surface area contributed by atoms with Gasteiger partial charge >= 0.3 is 6.18 Å². The summed E-state index contributed by atoms with van der Waals surface area (Å²) in [7, 11) is 0. The highest BCUT2D eigenvalue weighted by Gasteiger charge is 2.28. The molecule has 13 heavy (non-hydrogen) atoms. The van der Waals surface area contributed by atoms with Gasteiger partial charge in [0, 0.05) is 6.07 Å². The van der Waals surface area contributed by atoms with Gasteiger partial charge in [-0.25, -0.2) is 0 Å². The van der Waals surface area contributed by atoms with E-state index in [1.807, 2.05) is 0 Å². The number of aromatic nitrogens is 1. The largest absolute Gasteiger partial charge is 0.405 e. The molecular weight excluding hydrogens is 189 g/mol. The van der Waals surface area contributed by atoms with Gasteiger partial charge in [-0.3, -0.25) is 4.79 Å². The molecule has 0 unspecified atom stereocenters. The van der Waals surface area contributed by atoms with Gasteiger partial charge in [0.1, 0.15) is 12.8 Å². The van der Waals surface area contributed by atoms with Gasteiger partial charge in [0.05, 0.1) is 0 Å². The normalized spacial score (nSPS) is 11.3. The van der Waals surface area contributed by atoms with Crippen LogP contribution in [0.3, 0.4) is 0 Å². The number of nitrogens with zero attached hydrogens (tertiary/aromatic N) is 1. The van der Waals surface area contributed by atoms with Gasteiger partial charge in [-0.15, -0.1) is 0 Å². The van der Waals surface area contributed by atoms with Crippen LogP contribution in [0.5, 0.6) is 0 Å². The van der Waals surface area contributed by atoms with E-state index in [9.17, 15) is 18.0 Å². The van der Waals surface area contributed by atoms with E-state index in [0.717, 1.165) is 6.26 Å². The van der Waals surface area contributed by atoms with Crippen LogP contribution in [-0.4, -0.2) is 23.8 Å². The Labute approximate surface area is 70.7 Å². The summed E-state index contributed by atoms with van der Waals surface area (Å²) in [5.74, 6) is -0.911. The zero-order chi connectivity index (χ0) is 9.90. The Hall–Kier alpha value is -1.53. The number of hydrogen-bond acceptors (Lipinski definition) is 3. The van der Waals surface area contributed by atoms with Gasteiger partial charge in [0.15, 0.2) is 5.69 Å². The Bertz CT molecular complexity index is 281. The molecular formula is C6H5F3N2O2. The van der Waals surface area contributed by atoms with Crippen LogP contribution in [0.2, 0.25) is 0 Å². The number of carbonyl (C=O) groups excluding carboxylic acids is 1. The van der Waals surface area contributed by atoms with Gasteiger partial charge < -0.3 is 9.84 Å². The molecule has 0 saturated heterocycles. The van der Waals surface area contributed by atoms with Crippen molar-refractivity contribution in [3.05, 3.63) is 18.0 Å². The molecule has 0 atom stereocenters. The van der Waals surface area contributed by atoms with Crippen LogP contribution in [0, 0.1) is 0 Å². The van der Waals surface area contributed by atoms with Crippen LogP contribution in [0.4, 0.5) is 13.2 Å². The first-order chi connectivity index (χ1) is 5.99.